The summed E-state index contributed by atoms with van der Waals surface area (Å²) in [5.41, 5.74) is 0. The van der Waals surface area contributed by atoms with Crippen LogP contribution in [0.5, 0.6) is 0 Å². The molecule has 1 amide bonds. The molecular weight excluding hydrogens is 188 g/mol. The average Bonchev–Trinajstić information content (AvgIpc) is 2.27. The third kappa shape index (κ3) is 5.78. The van der Waals surface area contributed by atoms with E-state index in [-0.39, 0.29) is 5.91 Å². The summed E-state index contributed by atoms with van der Waals surface area (Å²) in [5.74, 6) is 0.933. The van der Waals surface area contributed by atoms with Crippen LogP contribution in [0.25, 0.3) is 0 Å². The molecule has 0 bridgehead atoms. The second-order valence-corrected chi connectivity index (χ2v) is 3.97. The molecule has 90 valence electrons. The van der Waals surface area contributed by atoms with Gasteiger partial charge in [-0.3, -0.25) is 4.79 Å². The molecule has 15 heavy (non-hydrogen) atoms. The van der Waals surface area contributed by atoms with Gasteiger partial charge in [0.1, 0.15) is 0 Å². The van der Waals surface area contributed by atoms with Crippen molar-refractivity contribution in [1.82, 2.24) is 10.2 Å². The number of hydrogen-bond donors (Lipinski definition) is 1. The van der Waals surface area contributed by atoms with E-state index in [9.17, 15) is 4.79 Å². The minimum Gasteiger partial charge on any atom is -0.343 e. The van der Waals surface area contributed by atoms with E-state index in [1.54, 1.807) is 0 Å². The molecule has 0 aliphatic rings. The van der Waals surface area contributed by atoms with Crippen molar-refractivity contribution < 1.29 is 4.79 Å². The molecule has 0 aliphatic heterocycles. The SMILES string of the molecule is CCC(CC)CN(CC)C(=O)CCNC. The number of carbonyl (C=O) groups is 1. The van der Waals surface area contributed by atoms with E-state index >= 15 is 0 Å². The number of hydrogen-bond acceptors (Lipinski definition) is 2. The van der Waals surface area contributed by atoms with Crippen molar-refractivity contribution in [2.75, 3.05) is 26.7 Å². The van der Waals surface area contributed by atoms with Crippen LogP contribution in [0.3, 0.4) is 0 Å². The van der Waals surface area contributed by atoms with Crippen LogP contribution in [0.2, 0.25) is 0 Å². The van der Waals surface area contributed by atoms with E-state index in [0.29, 0.717) is 12.3 Å². The van der Waals surface area contributed by atoms with Gasteiger partial charge in [-0.2, -0.15) is 0 Å². The van der Waals surface area contributed by atoms with Gasteiger partial charge in [-0.05, 0) is 19.9 Å². The number of rotatable bonds is 8. The van der Waals surface area contributed by atoms with Gasteiger partial charge in [0.05, 0.1) is 0 Å². The minimum atomic E-state index is 0.277. The maximum absolute atomic E-state index is 11.8. The summed E-state index contributed by atoms with van der Waals surface area (Å²) in [7, 11) is 1.88. The summed E-state index contributed by atoms with van der Waals surface area (Å²) < 4.78 is 0. The second kappa shape index (κ2) is 8.72. The Morgan fingerprint density at radius 2 is 1.87 bits per heavy atom. The molecule has 0 aromatic carbocycles. The molecule has 0 aliphatic carbocycles. The smallest absolute Gasteiger partial charge is 0.223 e. The van der Waals surface area contributed by atoms with Gasteiger partial charge >= 0.3 is 0 Å². The molecule has 0 aromatic heterocycles. The number of carbonyl (C=O) groups excluding carboxylic acids is 1. The summed E-state index contributed by atoms with van der Waals surface area (Å²) in [4.78, 5) is 13.8. The Morgan fingerprint density at radius 3 is 2.27 bits per heavy atom. The summed E-state index contributed by atoms with van der Waals surface area (Å²) >= 11 is 0. The zero-order valence-corrected chi connectivity index (χ0v) is 10.7. The first-order valence-corrected chi connectivity index (χ1v) is 6.11. The van der Waals surface area contributed by atoms with Crippen molar-refractivity contribution >= 4 is 5.91 Å². The standard InChI is InChI=1S/C12H26N2O/c1-5-11(6-2)10-14(7-3)12(15)8-9-13-4/h11,13H,5-10H2,1-4H3. The van der Waals surface area contributed by atoms with Crippen LogP contribution in [0, 0.1) is 5.92 Å². The van der Waals surface area contributed by atoms with Crippen molar-refractivity contribution in [1.29, 1.82) is 0 Å². The number of nitrogens with one attached hydrogen (secondary N) is 1. The predicted molar refractivity (Wildman–Crippen MR) is 64.9 cm³/mol. The summed E-state index contributed by atoms with van der Waals surface area (Å²) in [5, 5.41) is 3.01. The molecule has 0 heterocycles. The summed E-state index contributed by atoms with van der Waals surface area (Å²) in [6.45, 7) is 8.98. The lowest BCUT2D eigenvalue weighted by atomic mass is 10.0. The lowest BCUT2D eigenvalue weighted by Gasteiger charge is -2.25. The van der Waals surface area contributed by atoms with E-state index in [1.807, 2.05) is 11.9 Å². The molecule has 0 atom stereocenters. The average molecular weight is 214 g/mol. The Kier molecular flexibility index (Phi) is 8.38. The fourth-order valence-electron chi connectivity index (χ4n) is 1.66. The molecule has 0 radical (unpaired) electrons. The number of amides is 1. The van der Waals surface area contributed by atoms with E-state index in [4.69, 9.17) is 0 Å². The number of nitrogens with zero attached hydrogens (tertiary/aromatic N) is 1. The van der Waals surface area contributed by atoms with Crippen molar-refractivity contribution in [3.63, 3.8) is 0 Å². The zero-order valence-electron chi connectivity index (χ0n) is 10.7. The van der Waals surface area contributed by atoms with Crippen LogP contribution in [-0.2, 0) is 4.79 Å². The highest BCUT2D eigenvalue weighted by Gasteiger charge is 2.14. The Hall–Kier alpha value is -0.570. The van der Waals surface area contributed by atoms with Gasteiger partial charge in [0.2, 0.25) is 5.91 Å². The van der Waals surface area contributed by atoms with Crippen molar-refractivity contribution in [2.24, 2.45) is 5.92 Å². The van der Waals surface area contributed by atoms with E-state index < -0.39 is 0 Å². The third-order valence-electron chi connectivity index (χ3n) is 2.96. The van der Waals surface area contributed by atoms with Crippen LogP contribution in [0.1, 0.15) is 40.0 Å². The summed E-state index contributed by atoms with van der Waals surface area (Å²) in [6, 6.07) is 0. The van der Waals surface area contributed by atoms with Crippen LogP contribution in [0.15, 0.2) is 0 Å². The predicted octanol–water partition coefficient (Wildman–Crippen LogP) is 1.88. The monoisotopic (exact) mass is 214 g/mol. The normalized spacial score (nSPS) is 10.7. The minimum absolute atomic E-state index is 0.277. The molecular formula is C12H26N2O. The van der Waals surface area contributed by atoms with Gasteiger partial charge in [0.15, 0.2) is 0 Å². The van der Waals surface area contributed by atoms with Gasteiger partial charge in [-0.1, -0.05) is 26.7 Å². The molecule has 0 fully saturated rings. The van der Waals surface area contributed by atoms with Gasteiger partial charge < -0.3 is 10.2 Å². The third-order valence-corrected chi connectivity index (χ3v) is 2.96. The Balaban J connectivity index is 4.04. The molecule has 0 rings (SSSR count). The molecule has 0 unspecified atom stereocenters. The maximum atomic E-state index is 11.8. The summed E-state index contributed by atoms with van der Waals surface area (Å²) in [6.07, 6.45) is 2.93. The van der Waals surface area contributed by atoms with Crippen molar-refractivity contribution in [3.05, 3.63) is 0 Å². The molecule has 0 saturated carbocycles. The first-order valence-electron chi connectivity index (χ1n) is 6.11. The molecule has 0 aromatic rings. The zero-order chi connectivity index (χ0) is 11.7. The maximum Gasteiger partial charge on any atom is 0.223 e. The highest BCUT2D eigenvalue weighted by Crippen LogP contribution is 2.10. The first kappa shape index (κ1) is 14.4. The molecule has 0 saturated heterocycles. The van der Waals surface area contributed by atoms with Gasteiger partial charge in [-0.25, -0.2) is 0 Å². The highest BCUT2D eigenvalue weighted by molar-refractivity contribution is 5.76. The fraction of sp³-hybridized carbons (Fsp3) is 0.917. The van der Waals surface area contributed by atoms with E-state index in [1.165, 1.54) is 0 Å². The van der Waals surface area contributed by atoms with Crippen LogP contribution >= 0.6 is 0 Å². The highest BCUT2D eigenvalue weighted by atomic mass is 16.2. The Bertz CT molecular complexity index is 167. The molecule has 3 heteroatoms. The van der Waals surface area contributed by atoms with Crippen molar-refractivity contribution in [3.8, 4) is 0 Å². The van der Waals surface area contributed by atoms with Gasteiger partial charge in [0, 0.05) is 26.1 Å². The van der Waals surface area contributed by atoms with E-state index in [2.05, 4.69) is 26.1 Å². The second-order valence-electron chi connectivity index (χ2n) is 3.97. The molecule has 0 spiro atoms. The quantitative estimate of drug-likeness (QED) is 0.669. The first-order chi connectivity index (χ1) is 7.19. The Labute approximate surface area is 94.2 Å². The Morgan fingerprint density at radius 1 is 1.27 bits per heavy atom. The van der Waals surface area contributed by atoms with E-state index in [0.717, 1.165) is 32.5 Å². The molecule has 3 nitrogen and oxygen atoms in total. The van der Waals surface area contributed by atoms with Crippen LogP contribution in [0.4, 0.5) is 0 Å². The van der Waals surface area contributed by atoms with Gasteiger partial charge in [-0.15, -0.1) is 0 Å². The van der Waals surface area contributed by atoms with Crippen LogP contribution in [-0.4, -0.2) is 37.5 Å². The lowest BCUT2D eigenvalue weighted by Crippen LogP contribution is -2.36. The lowest BCUT2D eigenvalue weighted by molar-refractivity contribution is -0.131. The largest absolute Gasteiger partial charge is 0.343 e. The van der Waals surface area contributed by atoms with Crippen molar-refractivity contribution in [2.45, 2.75) is 40.0 Å². The molecule has 1 N–H and O–H groups in total. The topological polar surface area (TPSA) is 32.3 Å². The fourth-order valence-corrected chi connectivity index (χ4v) is 1.66. The van der Waals surface area contributed by atoms with Crippen LogP contribution < -0.4 is 5.32 Å². The van der Waals surface area contributed by atoms with Gasteiger partial charge in [0.25, 0.3) is 0 Å².